The lowest BCUT2D eigenvalue weighted by Crippen LogP contribution is -2.12. The summed E-state index contributed by atoms with van der Waals surface area (Å²) in [6, 6.07) is 5.50. The molecule has 1 aromatic heterocycles. The molecule has 0 unspecified atom stereocenters. The first-order chi connectivity index (χ1) is 10.1. The average molecular weight is 305 g/mol. The van der Waals surface area contributed by atoms with E-state index in [2.05, 4.69) is 15.4 Å². The van der Waals surface area contributed by atoms with Crippen molar-refractivity contribution >= 4 is 29.0 Å². The normalized spacial score (nSPS) is 10.6. The molecule has 0 radical (unpaired) electrons. The molecule has 0 bridgehead atoms. The Labute approximate surface area is 128 Å². The summed E-state index contributed by atoms with van der Waals surface area (Å²) in [6.45, 7) is 1.94. The molecule has 0 atom stereocenters. The summed E-state index contributed by atoms with van der Waals surface area (Å²) in [5.74, 6) is 0.831. The highest BCUT2D eigenvalue weighted by Gasteiger charge is 2.06. The van der Waals surface area contributed by atoms with E-state index in [4.69, 9.17) is 5.73 Å². The van der Waals surface area contributed by atoms with Crippen LogP contribution in [0.4, 0.5) is 11.4 Å². The number of benzene rings is 1. The van der Waals surface area contributed by atoms with Gasteiger partial charge in [0.05, 0.1) is 0 Å². The molecule has 0 fully saturated rings. The molecular weight excluding hydrogens is 286 g/mol. The van der Waals surface area contributed by atoms with Gasteiger partial charge in [-0.2, -0.15) is 5.10 Å². The molecule has 2 rings (SSSR count). The standard InChI is InChI=1S/C14H19N5OS/c1-10-5-6-11(15)8-12(10)18-13(20)4-3-7-21-14-16-9-17-19(14)2/h5-6,8-9H,3-4,7,15H2,1-2H3,(H,18,20). The van der Waals surface area contributed by atoms with Gasteiger partial charge in [-0.3, -0.25) is 4.79 Å². The van der Waals surface area contributed by atoms with Gasteiger partial charge in [0.25, 0.3) is 0 Å². The number of carbonyl (C=O) groups is 1. The predicted octanol–water partition coefficient (Wildman–Crippen LogP) is 2.22. The van der Waals surface area contributed by atoms with Crippen molar-refractivity contribution in [3.8, 4) is 0 Å². The molecule has 0 saturated carbocycles. The highest BCUT2D eigenvalue weighted by molar-refractivity contribution is 7.99. The van der Waals surface area contributed by atoms with Crippen LogP contribution in [0.5, 0.6) is 0 Å². The number of nitrogens with one attached hydrogen (secondary N) is 1. The number of carbonyl (C=O) groups excluding carboxylic acids is 1. The second-order valence-electron chi connectivity index (χ2n) is 4.74. The Hall–Kier alpha value is -2.02. The molecule has 2 aromatic rings. The monoisotopic (exact) mass is 305 g/mol. The number of nitrogens with two attached hydrogens (primary N) is 1. The van der Waals surface area contributed by atoms with Crippen LogP contribution in [0.2, 0.25) is 0 Å². The van der Waals surface area contributed by atoms with Gasteiger partial charge in [-0.1, -0.05) is 17.8 Å². The van der Waals surface area contributed by atoms with Crippen LogP contribution in [0.15, 0.2) is 29.7 Å². The van der Waals surface area contributed by atoms with Gasteiger partial charge < -0.3 is 11.1 Å². The molecule has 21 heavy (non-hydrogen) atoms. The maximum atomic E-state index is 11.9. The lowest BCUT2D eigenvalue weighted by Gasteiger charge is -2.09. The smallest absolute Gasteiger partial charge is 0.224 e. The molecule has 3 N–H and O–H groups in total. The summed E-state index contributed by atoms with van der Waals surface area (Å²) in [4.78, 5) is 16.0. The van der Waals surface area contributed by atoms with Gasteiger partial charge in [0.15, 0.2) is 5.16 Å². The fourth-order valence-corrected chi connectivity index (χ4v) is 2.63. The van der Waals surface area contributed by atoms with Crippen LogP contribution >= 0.6 is 11.8 Å². The number of anilines is 2. The van der Waals surface area contributed by atoms with Gasteiger partial charge in [0, 0.05) is 30.6 Å². The number of amides is 1. The zero-order chi connectivity index (χ0) is 15.2. The Morgan fingerprint density at radius 2 is 2.29 bits per heavy atom. The number of aryl methyl sites for hydroxylation is 2. The van der Waals surface area contributed by atoms with Crippen LogP contribution < -0.4 is 11.1 Å². The van der Waals surface area contributed by atoms with Gasteiger partial charge in [-0.05, 0) is 31.0 Å². The van der Waals surface area contributed by atoms with E-state index in [1.807, 2.05) is 26.1 Å². The highest BCUT2D eigenvalue weighted by atomic mass is 32.2. The number of hydrogen-bond acceptors (Lipinski definition) is 5. The van der Waals surface area contributed by atoms with Crippen molar-refractivity contribution in [3.05, 3.63) is 30.1 Å². The first-order valence-corrected chi connectivity index (χ1v) is 7.67. The van der Waals surface area contributed by atoms with E-state index in [0.717, 1.165) is 28.6 Å². The number of hydrogen-bond donors (Lipinski definition) is 2. The van der Waals surface area contributed by atoms with Gasteiger partial charge in [-0.15, -0.1) is 0 Å². The van der Waals surface area contributed by atoms with E-state index in [1.165, 1.54) is 6.33 Å². The van der Waals surface area contributed by atoms with E-state index in [-0.39, 0.29) is 5.91 Å². The molecule has 112 valence electrons. The third-order valence-corrected chi connectivity index (χ3v) is 4.11. The molecule has 1 amide bonds. The molecule has 0 aliphatic rings. The number of aromatic nitrogens is 3. The van der Waals surface area contributed by atoms with E-state index >= 15 is 0 Å². The summed E-state index contributed by atoms with van der Waals surface area (Å²) in [6.07, 6.45) is 2.78. The highest BCUT2D eigenvalue weighted by Crippen LogP contribution is 2.19. The predicted molar refractivity (Wildman–Crippen MR) is 85.2 cm³/mol. The van der Waals surface area contributed by atoms with Crippen molar-refractivity contribution in [1.29, 1.82) is 0 Å². The Kier molecular flexibility index (Phi) is 5.21. The minimum Gasteiger partial charge on any atom is -0.399 e. The van der Waals surface area contributed by atoms with E-state index in [1.54, 1.807) is 22.5 Å². The lowest BCUT2D eigenvalue weighted by molar-refractivity contribution is -0.116. The fourth-order valence-electron chi connectivity index (χ4n) is 1.80. The Bertz CT molecular complexity index is 626. The SMILES string of the molecule is Cc1ccc(N)cc1NC(=O)CCCSc1ncnn1C. The van der Waals surface area contributed by atoms with Gasteiger partial charge >= 0.3 is 0 Å². The van der Waals surface area contributed by atoms with Crippen molar-refractivity contribution in [1.82, 2.24) is 14.8 Å². The van der Waals surface area contributed by atoms with Crippen molar-refractivity contribution < 1.29 is 4.79 Å². The molecule has 6 nitrogen and oxygen atoms in total. The Balaban J connectivity index is 1.75. The first-order valence-electron chi connectivity index (χ1n) is 6.69. The molecule has 7 heteroatoms. The van der Waals surface area contributed by atoms with E-state index in [0.29, 0.717) is 12.1 Å². The number of rotatable bonds is 6. The second kappa shape index (κ2) is 7.12. The van der Waals surface area contributed by atoms with Crippen molar-refractivity contribution in [2.45, 2.75) is 24.9 Å². The van der Waals surface area contributed by atoms with E-state index in [9.17, 15) is 4.79 Å². The van der Waals surface area contributed by atoms with Crippen LogP contribution in [-0.2, 0) is 11.8 Å². The average Bonchev–Trinajstić information content (AvgIpc) is 2.84. The number of nitrogens with zero attached hydrogens (tertiary/aromatic N) is 3. The van der Waals surface area contributed by atoms with Crippen LogP contribution in [0, 0.1) is 6.92 Å². The number of thioether (sulfide) groups is 1. The molecule has 1 heterocycles. The van der Waals surface area contributed by atoms with Gasteiger partial charge in [-0.25, -0.2) is 9.67 Å². The quantitative estimate of drug-likeness (QED) is 0.485. The van der Waals surface area contributed by atoms with Crippen LogP contribution in [0.1, 0.15) is 18.4 Å². The van der Waals surface area contributed by atoms with Crippen molar-refractivity contribution in [2.75, 3.05) is 16.8 Å². The van der Waals surface area contributed by atoms with Crippen molar-refractivity contribution in [2.24, 2.45) is 7.05 Å². The second-order valence-corrected chi connectivity index (χ2v) is 5.80. The Morgan fingerprint density at radius 1 is 1.48 bits per heavy atom. The molecule has 0 aliphatic heterocycles. The summed E-state index contributed by atoms with van der Waals surface area (Å²) in [5.41, 5.74) is 8.15. The zero-order valence-electron chi connectivity index (χ0n) is 12.2. The number of nitrogen functional groups attached to an aromatic ring is 1. The molecule has 1 aromatic carbocycles. The molecule has 0 aliphatic carbocycles. The maximum absolute atomic E-state index is 11.9. The minimum atomic E-state index is 0.00210. The third kappa shape index (κ3) is 4.49. The van der Waals surface area contributed by atoms with Gasteiger partial charge in [0.1, 0.15) is 6.33 Å². The van der Waals surface area contributed by atoms with Gasteiger partial charge in [0.2, 0.25) is 5.91 Å². The summed E-state index contributed by atoms with van der Waals surface area (Å²) < 4.78 is 1.72. The fraction of sp³-hybridized carbons (Fsp3) is 0.357. The van der Waals surface area contributed by atoms with E-state index < -0.39 is 0 Å². The largest absolute Gasteiger partial charge is 0.399 e. The Morgan fingerprint density at radius 3 is 3.00 bits per heavy atom. The topological polar surface area (TPSA) is 85.8 Å². The van der Waals surface area contributed by atoms with Crippen molar-refractivity contribution in [3.63, 3.8) is 0 Å². The molecule has 0 spiro atoms. The lowest BCUT2D eigenvalue weighted by atomic mass is 10.1. The van der Waals surface area contributed by atoms with Crippen LogP contribution in [0.3, 0.4) is 0 Å². The summed E-state index contributed by atoms with van der Waals surface area (Å²) in [5, 5.41) is 7.76. The zero-order valence-corrected chi connectivity index (χ0v) is 13.0. The summed E-state index contributed by atoms with van der Waals surface area (Å²) >= 11 is 1.60. The first kappa shape index (κ1) is 15.4. The molecule has 0 saturated heterocycles. The van der Waals surface area contributed by atoms with Crippen LogP contribution in [0.25, 0.3) is 0 Å². The summed E-state index contributed by atoms with van der Waals surface area (Å²) in [7, 11) is 1.85. The maximum Gasteiger partial charge on any atom is 0.224 e. The molecular formula is C14H19N5OS. The third-order valence-electron chi connectivity index (χ3n) is 2.98. The van der Waals surface area contributed by atoms with Crippen LogP contribution in [-0.4, -0.2) is 26.4 Å². The minimum absolute atomic E-state index is 0.00210.